The Morgan fingerprint density at radius 2 is 2.38 bits per heavy atom. The van der Waals surface area contributed by atoms with Crippen LogP contribution in [0, 0.1) is 0 Å². The Bertz CT molecular complexity index is 293. The molecule has 0 bridgehead atoms. The number of nitrogens with zero attached hydrogens (tertiary/aromatic N) is 3. The molecule has 0 radical (unpaired) electrons. The van der Waals surface area contributed by atoms with E-state index in [4.69, 9.17) is 0 Å². The summed E-state index contributed by atoms with van der Waals surface area (Å²) in [7, 11) is 1.77. The van der Waals surface area contributed by atoms with Gasteiger partial charge in [0.15, 0.2) is 0 Å². The largest absolute Gasteiger partial charge is 0.340 e. The van der Waals surface area contributed by atoms with Crippen LogP contribution in [-0.4, -0.2) is 27.6 Å². The Morgan fingerprint density at radius 1 is 1.69 bits per heavy atom. The first-order valence-electron chi connectivity index (χ1n) is 4.37. The first-order valence-corrected chi connectivity index (χ1v) is 4.37. The lowest BCUT2D eigenvalue weighted by Crippen LogP contribution is -2.23. The first kappa shape index (κ1) is 9.77. The quantitative estimate of drug-likeness (QED) is 0.694. The third-order valence-electron chi connectivity index (χ3n) is 1.96. The molecule has 1 aromatic rings. The third-order valence-corrected chi connectivity index (χ3v) is 1.96. The maximum Gasteiger partial charge on any atom is 0.219 e. The molecule has 0 atom stereocenters. The Kier molecular flexibility index (Phi) is 3.06. The van der Waals surface area contributed by atoms with Crippen molar-refractivity contribution < 1.29 is 4.79 Å². The molecule has 1 heterocycles. The summed E-state index contributed by atoms with van der Waals surface area (Å²) in [5.41, 5.74) is 0.930. The van der Waals surface area contributed by atoms with Crippen molar-refractivity contribution in [3.63, 3.8) is 0 Å². The average molecular weight is 181 g/mol. The topological polar surface area (TPSA) is 38.1 Å². The molecular weight excluding hydrogens is 166 g/mol. The van der Waals surface area contributed by atoms with E-state index in [1.165, 1.54) is 0 Å². The second kappa shape index (κ2) is 4.07. The van der Waals surface area contributed by atoms with Crippen molar-refractivity contribution in [2.45, 2.75) is 26.9 Å². The van der Waals surface area contributed by atoms with Gasteiger partial charge in [-0.3, -0.25) is 9.48 Å². The van der Waals surface area contributed by atoms with E-state index in [-0.39, 0.29) is 5.91 Å². The molecule has 4 heteroatoms. The lowest BCUT2D eigenvalue weighted by molar-refractivity contribution is -0.128. The predicted octanol–water partition coefficient (Wildman–Crippen LogP) is 0.881. The van der Waals surface area contributed by atoms with Crippen LogP contribution in [-0.2, 0) is 17.9 Å². The van der Waals surface area contributed by atoms with Gasteiger partial charge in [-0.25, -0.2) is 0 Å². The zero-order chi connectivity index (χ0) is 9.84. The molecular formula is C9H15N3O. The smallest absolute Gasteiger partial charge is 0.219 e. The molecule has 0 unspecified atom stereocenters. The maximum absolute atomic E-state index is 10.9. The zero-order valence-corrected chi connectivity index (χ0v) is 8.32. The van der Waals surface area contributed by atoms with E-state index >= 15 is 0 Å². The van der Waals surface area contributed by atoms with Gasteiger partial charge in [-0.2, -0.15) is 5.10 Å². The van der Waals surface area contributed by atoms with E-state index in [2.05, 4.69) is 5.10 Å². The van der Waals surface area contributed by atoms with Gasteiger partial charge in [0.2, 0.25) is 5.91 Å². The molecule has 0 fully saturated rings. The molecule has 1 aromatic heterocycles. The van der Waals surface area contributed by atoms with Crippen LogP contribution in [0.25, 0.3) is 0 Å². The minimum Gasteiger partial charge on any atom is -0.340 e. The average Bonchev–Trinajstić information content (AvgIpc) is 2.52. The number of amides is 1. The van der Waals surface area contributed by atoms with Gasteiger partial charge >= 0.3 is 0 Å². The normalized spacial score (nSPS) is 10.1. The molecule has 4 nitrogen and oxygen atoms in total. The van der Waals surface area contributed by atoms with Crippen molar-refractivity contribution >= 4 is 5.91 Å². The van der Waals surface area contributed by atoms with Crippen LogP contribution >= 0.6 is 0 Å². The van der Waals surface area contributed by atoms with Crippen LogP contribution in [0.3, 0.4) is 0 Å². The van der Waals surface area contributed by atoms with Crippen LogP contribution in [0.4, 0.5) is 0 Å². The summed E-state index contributed by atoms with van der Waals surface area (Å²) in [4.78, 5) is 12.6. The van der Waals surface area contributed by atoms with Crippen molar-refractivity contribution in [3.05, 3.63) is 18.0 Å². The standard InChI is InChI=1S/C9H15N3O/c1-4-12-6-5-9(10-12)7-11(3)8(2)13/h5-6H,4,7H2,1-3H3. The summed E-state index contributed by atoms with van der Waals surface area (Å²) in [5.74, 6) is 0.0612. The molecule has 0 aliphatic heterocycles. The highest BCUT2D eigenvalue weighted by Crippen LogP contribution is 2.00. The van der Waals surface area contributed by atoms with Crippen LogP contribution in [0.5, 0.6) is 0 Å². The van der Waals surface area contributed by atoms with Crippen molar-refractivity contribution in [2.75, 3.05) is 7.05 Å². The number of aryl methyl sites for hydroxylation is 1. The van der Waals surface area contributed by atoms with E-state index in [1.54, 1.807) is 18.9 Å². The van der Waals surface area contributed by atoms with Gasteiger partial charge in [0.1, 0.15) is 0 Å². The molecule has 1 rings (SSSR count). The molecule has 0 saturated heterocycles. The fourth-order valence-corrected chi connectivity index (χ4v) is 1.02. The van der Waals surface area contributed by atoms with Crippen LogP contribution in [0.1, 0.15) is 19.5 Å². The Balaban J connectivity index is 2.58. The van der Waals surface area contributed by atoms with Gasteiger partial charge < -0.3 is 4.90 Å². The van der Waals surface area contributed by atoms with Crippen LogP contribution in [0.2, 0.25) is 0 Å². The van der Waals surface area contributed by atoms with E-state index < -0.39 is 0 Å². The highest BCUT2D eigenvalue weighted by atomic mass is 16.2. The molecule has 13 heavy (non-hydrogen) atoms. The minimum atomic E-state index is 0.0612. The zero-order valence-electron chi connectivity index (χ0n) is 8.32. The number of hydrogen-bond donors (Lipinski definition) is 0. The highest BCUT2D eigenvalue weighted by Gasteiger charge is 2.04. The number of rotatable bonds is 3. The Hall–Kier alpha value is -1.32. The molecule has 0 aliphatic carbocycles. The summed E-state index contributed by atoms with van der Waals surface area (Å²) >= 11 is 0. The SMILES string of the molecule is CCn1ccc(CN(C)C(C)=O)n1. The minimum absolute atomic E-state index is 0.0612. The van der Waals surface area contributed by atoms with Gasteiger partial charge in [-0.05, 0) is 13.0 Å². The Morgan fingerprint density at radius 3 is 2.85 bits per heavy atom. The summed E-state index contributed by atoms with van der Waals surface area (Å²) < 4.78 is 1.85. The van der Waals surface area contributed by atoms with Crippen LogP contribution < -0.4 is 0 Å². The number of hydrogen-bond acceptors (Lipinski definition) is 2. The molecule has 1 amide bonds. The fourth-order valence-electron chi connectivity index (χ4n) is 1.02. The lowest BCUT2D eigenvalue weighted by atomic mass is 10.4. The molecule has 0 N–H and O–H groups in total. The summed E-state index contributed by atoms with van der Waals surface area (Å²) in [6.07, 6.45) is 1.92. The van der Waals surface area contributed by atoms with E-state index in [1.807, 2.05) is 23.9 Å². The molecule has 72 valence electrons. The van der Waals surface area contributed by atoms with E-state index in [0.29, 0.717) is 6.54 Å². The van der Waals surface area contributed by atoms with E-state index in [0.717, 1.165) is 12.2 Å². The monoisotopic (exact) mass is 181 g/mol. The maximum atomic E-state index is 10.9. The van der Waals surface area contributed by atoms with E-state index in [9.17, 15) is 4.79 Å². The van der Waals surface area contributed by atoms with Gasteiger partial charge in [-0.15, -0.1) is 0 Å². The summed E-state index contributed by atoms with van der Waals surface area (Å²) in [6, 6.07) is 1.93. The Labute approximate surface area is 78.1 Å². The summed E-state index contributed by atoms with van der Waals surface area (Å²) in [6.45, 7) is 5.04. The van der Waals surface area contributed by atoms with Gasteiger partial charge in [0.25, 0.3) is 0 Å². The summed E-state index contributed by atoms with van der Waals surface area (Å²) in [5, 5.41) is 4.27. The van der Waals surface area contributed by atoms with Crippen molar-refractivity contribution in [1.29, 1.82) is 0 Å². The second-order valence-electron chi connectivity index (χ2n) is 3.04. The van der Waals surface area contributed by atoms with Crippen LogP contribution in [0.15, 0.2) is 12.3 Å². The molecule has 0 aromatic carbocycles. The predicted molar refractivity (Wildman–Crippen MR) is 50.0 cm³/mol. The van der Waals surface area contributed by atoms with Crippen molar-refractivity contribution in [2.24, 2.45) is 0 Å². The van der Waals surface area contributed by atoms with Gasteiger partial charge in [-0.1, -0.05) is 0 Å². The molecule has 0 spiro atoms. The second-order valence-corrected chi connectivity index (χ2v) is 3.04. The number of carbonyl (C=O) groups excluding carboxylic acids is 1. The van der Waals surface area contributed by atoms with Gasteiger partial charge in [0, 0.05) is 26.7 Å². The van der Waals surface area contributed by atoms with Gasteiger partial charge in [0.05, 0.1) is 12.2 Å². The third kappa shape index (κ3) is 2.57. The van der Waals surface area contributed by atoms with Crippen molar-refractivity contribution in [1.82, 2.24) is 14.7 Å². The highest BCUT2D eigenvalue weighted by molar-refractivity contribution is 5.72. The van der Waals surface area contributed by atoms with Crippen molar-refractivity contribution in [3.8, 4) is 0 Å². The number of aromatic nitrogens is 2. The first-order chi connectivity index (χ1) is 6.13. The fraction of sp³-hybridized carbons (Fsp3) is 0.556. The lowest BCUT2D eigenvalue weighted by Gasteiger charge is -2.12. The molecule has 0 saturated carbocycles. The molecule has 0 aliphatic rings. The number of carbonyl (C=O) groups is 1.